The fraction of sp³-hybridized carbons (Fsp3) is 0.154. The lowest BCUT2D eigenvalue weighted by Gasteiger charge is -2.30. The molecule has 0 radical (unpaired) electrons. The van der Waals surface area contributed by atoms with Gasteiger partial charge in [0, 0.05) is 11.1 Å². The minimum absolute atomic E-state index is 0.376. The van der Waals surface area contributed by atoms with Crippen LogP contribution in [-0.2, 0) is 18.3 Å². The molecule has 0 amide bonds. The van der Waals surface area contributed by atoms with E-state index in [9.17, 15) is 0 Å². The smallest absolute Gasteiger partial charge is 0.163 e. The van der Waals surface area contributed by atoms with E-state index in [0.717, 1.165) is 35.0 Å². The summed E-state index contributed by atoms with van der Waals surface area (Å²) in [7, 11) is 0. The Morgan fingerprint density at radius 3 is 1.60 bits per heavy atom. The Morgan fingerprint density at radius 1 is 0.476 bits per heavy atom. The van der Waals surface area contributed by atoms with E-state index in [-0.39, 0.29) is 5.41 Å². The number of fused-ring (bicyclic) bond motifs is 11. The van der Waals surface area contributed by atoms with Crippen LogP contribution in [0.4, 0.5) is 0 Å². The second-order valence-electron chi connectivity index (χ2n) is 11.9. The number of aryl methyl sites for hydroxylation is 3. The van der Waals surface area contributed by atoms with E-state index in [2.05, 4.69) is 109 Å². The van der Waals surface area contributed by atoms with Gasteiger partial charge in [0.05, 0.1) is 5.41 Å². The Labute approximate surface area is 246 Å². The van der Waals surface area contributed by atoms with Gasteiger partial charge in [-0.25, -0.2) is 15.0 Å². The summed E-state index contributed by atoms with van der Waals surface area (Å²) < 4.78 is 0. The lowest BCUT2D eigenvalue weighted by atomic mass is 9.70. The highest BCUT2D eigenvalue weighted by atomic mass is 15.0. The van der Waals surface area contributed by atoms with Crippen LogP contribution in [0.2, 0.25) is 0 Å². The van der Waals surface area contributed by atoms with Gasteiger partial charge >= 0.3 is 0 Å². The number of nitrogens with zero attached hydrogens (tertiary/aromatic N) is 3. The predicted molar refractivity (Wildman–Crippen MR) is 168 cm³/mol. The molecule has 200 valence electrons. The van der Waals surface area contributed by atoms with Crippen LogP contribution in [0.25, 0.3) is 45.0 Å². The summed E-state index contributed by atoms with van der Waals surface area (Å²) in [6.07, 6.45) is 4.84. The molecule has 0 fully saturated rings. The SMILES string of the molecule is Cc1nc(-c2ccc3c(c2)CCCC3)nc(-c2ccc3c(c2)C2(c4ccccc4-c4ccccc42)c2ccccc2-3)n1. The standard InChI is InChI=1S/C39H29N3/c1-24-40-37(27-19-18-25-10-2-3-11-26(25)22-27)42-38(41-24)28-20-21-32-31-14-6-9-17-35(31)39(36(32)23-28)33-15-7-4-12-29(33)30-13-5-8-16-34(30)39/h4-9,12-23H,2-3,10-11H2,1H3. The fourth-order valence-electron chi connectivity index (χ4n) is 7.85. The van der Waals surface area contributed by atoms with E-state index >= 15 is 0 Å². The monoisotopic (exact) mass is 539 g/mol. The second-order valence-corrected chi connectivity index (χ2v) is 11.9. The summed E-state index contributed by atoms with van der Waals surface area (Å²) >= 11 is 0. The van der Waals surface area contributed by atoms with Crippen LogP contribution < -0.4 is 0 Å². The van der Waals surface area contributed by atoms with Gasteiger partial charge in [-0.3, -0.25) is 0 Å². The maximum absolute atomic E-state index is 5.08. The third-order valence-electron chi connectivity index (χ3n) is 9.61. The average molecular weight is 540 g/mol. The zero-order chi connectivity index (χ0) is 27.8. The highest BCUT2D eigenvalue weighted by Crippen LogP contribution is 2.62. The lowest BCUT2D eigenvalue weighted by Crippen LogP contribution is -2.25. The molecule has 1 heterocycles. The molecule has 3 heteroatoms. The van der Waals surface area contributed by atoms with Crippen molar-refractivity contribution < 1.29 is 0 Å². The van der Waals surface area contributed by atoms with Gasteiger partial charge in [-0.2, -0.15) is 0 Å². The van der Waals surface area contributed by atoms with E-state index in [1.165, 1.54) is 74.9 Å². The van der Waals surface area contributed by atoms with Crippen molar-refractivity contribution in [3.05, 3.63) is 148 Å². The number of rotatable bonds is 2. The lowest BCUT2D eigenvalue weighted by molar-refractivity contribution is 0.686. The maximum Gasteiger partial charge on any atom is 0.163 e. The zero-order valence-corrected chi connectivity index (χ0v) is 23.6. The zero-order valence-electron chi connectivity index (χ0n) is 23.6. The molecule has 3 nitrogen and oxygen atoms in total. The first kappa shape index (κ1) is 23.8. The van der Waals surface area contributed by atoms with Crippen LogP contribution in [0.1, 0.15) is 52.0 Å². The van der Waals surface area contributed by atoms with Crippen LogP contribution in [0.3, 0.4) is 0 Å². The summed E-state index contributed by atoms with van der Waals surface area (Å²) in [6, 6.07) is 40.3. The van der Waals surface area contributed by atoms with Crippen molar-refractivity contribution in [2.24, 2.45) is 0 Å². The molecule has 42 heavy (non-hydrogen) atoms. The molecule has 9 rings (SSSR count). The molecular formula is C39H29N3. The van der Waals surface area contributed by atoms with E-state index in [1.54, 1.807) is 0 Å². The third kappa shape index (κ3) is 3.19. The molecule has 0 bridgehead atoms. The molecule has 6 aromatic rings. The number of benzene rings is 5. The minimum Gasteiger partial charge on any atom is -0.213 e. The molecule has 1 aromatic heterocycles. The minimum atomic E-state index is -0.376. The van der Waals surface area contributed by atoms with Gasteiger partial charge in [-0.05, 0) is 100 Å². The Hall–Kier alpha value is -4.89. The van der Waals surface area contributed by atoms with Crippen LogP contribution in [-0.4, -0.2) is 15.0 Å². The second kappa shape index (κ2) is 8.80. The van der Waals surface area contributed by atoms with Gasteiger partial charge < -0.3 is 0 Å². The van der Waals surface area contributed by atoms with E-state index in [0.29, 0.717) is 0 Å². The molecule has 0 saturated heterocycles. The Morgan fingerprint density at radius 2 is 0.976 bits per heavy atom. The summed E-state index contributed by atoms with van der Waals surface area (Å²) in [6.45, 7) is 1.97. The van der Waals surface area contributed by atoms with E-state index in [4.69, 9.17) is 15.0 Å². The van der Waals surface area contributed by atoms with Gasteiger partial charge in [0.1, 0.15) is 5.82 Å². The van der Waals surface area contributed by atoms with Gasteiger partial charge in [0.2, 0.25) is 0 Å². The molecule has 3 aliphatic carbocycles. The number of hydrogen-bond donors (Lipinski definition) is 0. The highest BCUT2D eigenvalue weighted by Gasteiger charge is 2.51. The molecule has 3 aliphatic rings. The van der Waals surface area contributed by atoms with Crippen molar-refractivity contribution in [1.82, 2.24) is 15.0 Å². The summed E-state index contributed by atoms with van der Waals surface area (Å²) in [5.41, 5.74) is 15.2. The van der Waals surface area contributed by atoms with Crippen LogP contribution in [0.15, 0.2) is 109 Å². The fourth-order valence-corrected chi connectivity index (χ4v) is 7.85. The third-order valence-corrected chi connectivity index (χ3v) is 9.61. The van der Waals surface area contributed by atoms with Crippen LogP contribution >= 0.6 is 0 Å². The van der Waals surface area contributed by atoms with Gasteiger partial charge in [0.25, 0.3) is 0 Å². The Bertz CT molecular complexity index is 2010. The molecule has 0 N–H and O–H groups in total. The van der Waals surface area contributed by atoms with Gasteiger partial charge in [-0.15, -0.1) is 0 Å². The molecule has 0 saturated carbocycles. The van der Waals surface area contributed by atoms with Crippen molar-refractivity contribution in [2.75, 3.05) is 0 Å². The van der Waals surface area contributed by atoms with Crippen LogP contribution in [0, 0.1) is 6.92 Å². The van der Waals surface area contributed by atoms with Crippen molar-refractivity contribution in [2.45, 2.75) is 38.0 Å². The molecule has 1 spiro atoms. The molecule has 5 aromatic carbocycles. The predicted octanol–water partition coefficient (Wildman–Crippen LogP) is 8.74. The van der Waals surface area contributed by atoms with E-state index in [1.807, 2.05) is 6.92 Å². The van der Waals surface area contributed by atoms with Gasteiger partial charge in [0.15, 0.2) is 11.6 Å². The average Bonchev–Trinajstić information content (AvgIpc) is 3.51. The molecule has 0 unspecified atom stereocenters. The first-order valence-electron chi connectivity index (χ1n) is 15.0. The first-order valence-corrected chi connectivity index (χ1v) is 15.0. The summed E-state index contributed by atoms with van der Waals surface area (Å²) in [5, 5.41) is 0. The number of aromatic nitrogens is 3. The van der Waals surface area contributed by atoms with Crippen molar-refractivity contribution >= 4 is 0 Å². The summed E-state index contributed by atoms with van der Waals surface area (Å²) in [4.78, 5) is 14.7. The Balaban J connectivity index is 1.26. The highest BCUT2D eigenvalue weighted by molar-refractivity contribution is 5.95. The van der Waals surface area contributed by atoms with Crippen LogP contribution in [0.5, 0.6) is 0 Å². The topological polar surface area (TPSA) is 38.7 Å². The van der Waals surface area contributed by atoms with Gasteiger partial charge in [-0.1, -0.05) is 97.1 Å². The van der Waals surface area contributed by atoms with Crippen molar-refractivity contribution in [1.29, 1.82) is 0 Å². The largest absolute Gasteiger partial charge is 0.213 e. The molecule has 0 aliphatic heterocycles. The number of hydrogen-bond acceptors (Lipinski definition) is 3. The molecular weight excluding hydrogens is 510 g/mol. The van der Waals surface area contributed by atoms with E-state index < -0.39 is 0 Å². The first-order chi connectivity index (χ1) is 20.7. The summed E-state index contributed by atoms with van der Waals surface area (Å²) in [5.74, 6) is 2.22. The quantitative estimate of drug-likeness (QED) is 0.220. The normalized spacial score (nSPS) is 15.1. The van der Waals surface area contributed by atoms with Crippen molar-refractivity contribution in [3.8, 4) is 45.0 Å². The Kier molecular flexibility index (Phi) is 4.98. The van der Waals surface area contributed by atoms with Crippen molar-refractivity contribution in [3.63, 3.8) is 0 Å². The maximum atomic E-state index is 5.08. The molecule has 0 atom stereocenters.